The van der Waals surface area contributed by atoms with Gasteiger partial charge < -0.3 is 21.0 Å². The van der Waals surface area contributed by atoms with E-state index in [9.17, 15) is 19.5 Å². The number of fused-ring (bicyclic) bond motifs is 1. The number of nitrogens with one attached hydrogen (secondary N) is 1. The summed E-state index contributed by atoms with van der Waals surface area (Å²) in [5.74, 6) is -1.53. The van der Waals surface area contributed by atoms with E-state index in [1.54, 1.807) is 17.8 Å². The minimum Gasteiger partial charge on any atom is -0.477 e. The molecule has 4 heterocycles. The molecule has 0 aliphatic carbocycles. The molecule has 2 aliphatic heterocycles. The van der Waals surface area contributed by atoms with Crippen molar-refractivity contribution in [2.75, 3.05) is 24.3 Å². The number of amides is 2. The standard InChI is InChI=1S/C21H20N6O5S3/c1-32-26-14(13-10-35-21(22)24-13)17(28)25-15-18(29)27-16(20(30)31)12(9-34-19(15)27)8-33-6-4-11-3-2-5-23-7-11/h2-7,10,15,19H,8-9H2,1H3,(H2,22,24)(H,25,28)(H,30,31)/b6-4-,26-14?/t15?,19-/m1/s1. The summed E-state index contributed by atoms with van der Waals surface area (Å²) in [6, 6.07) is 2.83. The largest absolute Gasteiger partial charge is 0.477 e. The van der Waals surface area contributed by atoms with Crippen LogP contribution in [-0.2, 0) is 19.2 Å². The maximum atomic E-state index is 12.9. The van der Waals surface area contributed by atoms with Crippen LogP contribution in [0.15, 0.2) is 51.7 Å². The molecule has 11 nitrogen and oxygen atoms in total. The number of thioether (sulfide) groups is 2. The molecule has 1 fully saturated rings. The number of hydrogen-bond donors (Lipinski definition) is 3. The number of aliphatic carboxylic acids is 1. The monoisotopic (exact) mass is 532 g/mol. The number of rotatable bonds is 9. The van der Waals surface area contributed by atoms with Crippen molar-refractivity contribution in [3.8, 4) is 0 Å². The van der Waals surface area contributed by atoms with Crippen LogP contribution in [0.3, 0.4) is 0 Å². The highest BCUT2D eigenvalue weighted by Crippen LogP contribution is 2.41. The summed E-state index contributed by atoms with van der Waals surface area (Å²) in [5, 5.41) is 19.3. The lowest BCUT2D eigenvalue weighted by atomic mass is 10.0. The highest BCUT2D eigenvalue weighted by molar-refractivity contribution is 8.02. The fourth-order valence-corrected chi connectivity index (χ4v) is 6.26. The van der Waals surface area contributed by atoms with Crippen LogP contribution in [0.1, 0.15) is 11.3 Å². The Labute approximate surface area is 212 Å². The molecule has 14 heteroatoms. The lowest BCUT2D eigenvalue weighted by Crippen LogP contribution is -2.71. The van der Waals surface area contributed by atoms with Crippen LogP contribution in [0, 0.1) is 0 Å². The Morgan fingerprint density at radius 3 is 2.97 bits per heavy atom. The number of carboxylic acid groups (broad SMARTS) is 1. The number of thiazole rings is 1. The van der Waals surface area contributed by atoms with Crippen LogP contribution in [0.4, 0.5) is 5.13 Å². The van der Waals surface area contributed by atoms with Gasteiger partial charge in [-0.3, -0.25) is 19.5 Å². The number of hydrogen-bond acceptors (Lipinski definition) is 11. The van der Waals surface area contributed by atoms with E-state index >= 15 is 0 Å². The molecule has 0 saturated carbocycles. The Balaban J connectivity index is 1.44. The van der Waals surface area contributed by atoms with Crippen LogP contribution in [0.25, 0.3) is 6.08 Å². The second kappa shape index (κ2) is 10.9. The second-order valence-electron chi connectivity index (χ2n) is 7.21. The Bertz CT molecular complexity index is 1230. The van der Waals surface area contributed by atoms with Crippen LogP contribution in [-0.4, -0.2) is 73.5 Å². The van der Waals surface area contributed by atoms with Crippen LogP contribution in [0.2, 0.25) is 0 Å². The number of carboxylic acids is 1. The molecule has 1 unspecified atom stereocenters. The molecule has 0 spiro atoms. The predicted octanol–water partition coefficient (Wildman–Crippen LogP) is 1.61. The van der Waals surface area contributed by atoms with Crippen molar-refractivity contribution in [1.82, 2.24) is 20.2 Å². The Morgan fingerprint density at radius 2 is 2.31 bits per heavy atom. The fourth-order valence-electron chi connectivity index (χ4n) is 3.45. The Kier molecular flexibility index (Phi) is 7.73. The van der Waals surface area contributed by atoms with E-state index in [-0.39, 0.29) is 22.2 Å². The van der Waals surface area contributed by atoms with E-state index in [1.807, 2.05) is 23.6 Å². The van der Waals surface area contributed by atoms with Gasteiger partial charge in [0, 0.05) is 29.3 Å². The minimum absolute atomic E-state index is 0.0374. The molecule has 35 heavy (non-hydrogen) atoms. The van der Waals surface area contributed by atoms with Crippen molar-refractivity contribution in [3.05, 3.63) is 57.8 Å². The summed E-state index contributed by atoms with van der Waals surface area (Å²) in [7, 11) is 1.28. The van der Waals surface area contributed by atoms with Gasteiger partial charge in [0.1, 0.15) is 29.9 Å². The molecule has 2 aromatic heterocycles. The third-order valence-corrected chi connectivity index (χ3v) is 7.85. The van der Waals surface area contributed by atoms with Crippen molar-refractivity contribution in [1.29, 1.82) is 0 Å². The third-order valence-electron chi connectivity index (χ3n) is 5.00. The first-order chi connectivity index (χ1) is 16.9. The van der Waals surface area contributed by atoms with E-state index in [2.05, 4.69) is 20.4 Å². The first-order valence-electron chi connectivity index (χ1n) is 10.1. The lowest BCUT2D eigenvalue weighted by molar-refractivity contribution is -0.150. The number of pyridine rings is 1. The molecule has 182 valence electrons. The molecular weight excluding hydrogens is 512 g/mol. The molecule has 1 saturated heterocycles. The summed E-state index contributed by atoms with van der Waals surface area (Å²) in [4.78, 5) is 51.8. The van der Waals surface area contributed by atoms with Gasteiger partial charge in [-0.2, -0.15) is 0 Å². The van der Waals surface area contributed by atoms with Gasteiger partial charge in [0.2, 0.25) is 0 Å². The van der Waals surface area contributed by atoms with Crippen molar-refractivity contribution in [3.63, 3.8) is 0 Å². The molecule has 0 radical (unpaired) electrons. The molecule has 0 bridgehead atoms. The number of aromatic nitrogens is 2. The molecule has 4 N–H and O–H groups in total. The van der Waals surface area contributed by atoms with Gasteiger partial charge in [0.05, 0.1) is 0 Å². The minimum atomic E-state index is -1.18. The molecule has 0 aromatic carbocycles. The molecule has 2 amide bonds. The Morgan fingerprint density at radius 1 is 1.49 bits per heavy atom. The van der Waals surface area contributed by atoms with Gasteiger partial charge >= 0.3 is 5.97 Å². The average Bonchev–Trinajstić information content (AvgIpc) is 3.29. The Hall–Kier alpha value is -3.36. The highest BCUT2D eigenvalue weighted by Gasteiger charge is 2.54. The normalized spacial score (nSPS) is 20.0. The molecule has 2 atom stereocenters. The van der Waals surface area contributed by atoms with Gasteiger partial charge in [0.15, 0.2) is 10.8 Å². The zero-order chi connectivity index (χ0) is 24.9. The maximum Gasteiger partial charge on any atom is 0.352 e. The number of anilines is 1. The molecule has 2 aliphatic rings. The SMILES string of the molecule is CON=C(C(=O)NC1C(=O)N2C(C(=O)O)=C(CS/C=C\c3cccnc3)CS[C@H]12)c1csc(N)n1. The van der Waals surface area contributed by atoms with Crippen molar-refractivity contribution < 1.29 is 24.3 Å². The second-order valence-corrected chi connectivity index (χ2v) is 10.1. The zero-order valence-corrected chi connectivity index (χ0v) is 20.7. The average molecular weight is 533 g/mol. The smallest absolute Gasteiger partial charge is 0.352 e. The number of nitrogens with two attached hydrogens (primary N) is 1. The van der Waals surface area contributed by atoms with Gasteiger partial charge in [-0.1, -0.05) is 11.2 Å². The number of oxime groups is 1. The summed E-state index contributed by atoms with van der Waals surface area (Å²) < 4.78 is 0. The predicted molar refractivity (Wildman–Crippen MR) is 135 cm³/mol. The first kappa shape index (κ1) is 24.8. The first-order valence-corrected chi connectivity index (χ1v) is 13.1. The van der Waals surface area contributed by atoms with Gasteiger partial charge in [-0.05, 0) is 28.7 Å². The summed E-state index contributed by atoms with van der Waals surface area (Å²) in [6.07, 6.45) is 5.29. The summed E-state index contributed by atoms with van der Waals surface area (Å²) in [5.41, 5.74) is 7.26. The van der Waals surface area contributed by atoms with E-state index in [0.29, 0.717) is 17.1 Å². The van der Waals surface area contributed by atoms with E-state index < -0.39 is 29.2 Å². The highest BCUT2D eigenvalue weighted by atomic mass is 32.2. The van der Waals surface area contributed by atoms with Gasteiger partial charge in [0.25, 0.3) is 11.8 Å². The number of carbonyl (C=O) groups is 3. The maximum absolute atomic E-state index is 12.9. The van der Waals surface area contributed by atoms with Gasteiger partial charge in [-0.25, -0.2) is 9.78 Å². The quantitative estimate of drug-likeness (QED) is 0.246. The third kappa shape index (κ3) is 5.33. The number of β-lactam (4-membered cyclic amide) rings is 1. The number of nitrogen functional groups attached to an aromatic ring is 1. The number of carbonyl (C=O) groups excluding carboxylic acids is 2. The van der Waals surface area contributed by atoms with Crippen molar-refractivity contribution in [2.24, 2.45) is 5.16 Å². The molecular formula is C21H20N6O5S3. The topological polar surface area (TPSA) is 160 Å². The zero-order valence-electron chi connectivity index (χ0n) is 18.3. The van der Waals surface area contributed by atoms with Crippen molar-refractivity contribution >= 4 is 69.6 Å². The molecule has 2 aromatic rings. The molecule has 4 rings (SSSR count). The van der Waals surface area contributed by atoms with E-state index in [0.717, 1.165) is 16.9 Å². The number of nitrogens with zero attached hydrogens (tertiary/aromatic N) is 4. The lowest BCUT2D eigenvalue weighted by Gasteiger charge is -2.49. The van der Waals surface area contributed by atoms with E-state index in [4.69, 9.17) is 10.6 Å². The summed E-state index contributed by atoms with van der Waals surface area (Å²) >= 11 is 3.95. The van der Waals surface area contributed by atoms with Crippen LogP contribution in [0.5, 0.6) is 0 Å². The summed E-state index contributed by atoms with van der Waals surface area (Å²) in [6.45, 7) is 0. The van der Waals surface area contributed by atoms with Crippen molar-refractivity contribution in [2.45, 2.75) is 11.4 Å². The van der Waals surface area contributed by atoms with E-state index in [1.165, 1.54) is 35.5 Å². The van der Waals surface area contributed by atoms with Gasteiger partial charge in [-0.15, -0.1) is 34.9 Å². The van der Waals surface area contributed by atoms with Crippen LogP contribution < -0.4 is 11.1 Å². The van der Waals surface area contributed by atoms with Crippen LogP contribution >= 0.6 is 34.9 Å². The fraction of sp³-hybridized carbons (Fsp3) is 0.238.